The van der Waals surface area contributed by atoms with Gasteiger partial charge in [-0.1, -0.05) is 18.6 Å². The Morgan fingerprint density at radius 1 is 1.37 bits per heavy atom. The highest BCUT2D eigenvalue weighted by Crippen LogP contribution is 2.25. The zero-order chi connectivity index (χ0) is 13.7. The van der Waals surface area contributed by atoms with Crippen LogP contribution in [0.4, 0.5) is 0 Å². The van der Waals surface area contributed by atoms with Crippen LogP contribution in [-0.4, -0.2) is 30.1 Å². The molecule has 0 aliphatic carbocycles. The van der Waals surface area contributed by atoms with Gasteiger partial charge in [0.25, 0.3) is 0 Å². The number of piperidine rings is 1. The highest BCUT2D eigenvalue weighted by molar-refractivity contribution is 5.28. The Bertz CT molecular complexity index is 394. The minimum Gasteiger partial charge on any atom is -0.494 e. The van der Waals surface area contributed by atoms with E-state index in [9.17, 15) is 0 Å². The summed E-state index contributed by atoms with van der Waals surface area (Å²) in [6, 6.07) is 9.58. The number of rotatable bonds is 5. The second kappa shape index (κ2) is 6.92. The van der Waals surface area contributed by atoms with E-state index in [-0.39, 0.29) is 0 Å². The van der Waals surface area contributed by atoms with Crippen molar-refractivity contribution in [3.05, 3.63) is 29.8 Å². The quantitative estimate of drug-likeness (QED) is 0.887. The largest absolute Gasteiger partial charge is 0.494 e. The van der Waals surface area contributed by atoms with Crippen LogP contribution in [0.15, 0.2) is 24.3 Å². The van der Waals surface area contributed by atoms with Crippen molar-refractivity contribution in [1.82, 2.24) is 4.90 Å². The highest BCUT2D eigenvalue weighted by Gasteiger charge is 2.26. The fourth-order valence-corrected chi connectivity index (χ4v) is 2.99. The number of hydrogen-bond acceptors (Lipinski definition) is 3. The van der Waals surface area contributed by atoms with Gasteiger partial charge in [0.2, 0.25) is 0 Å². The molecule has 3 heteroatoms. The minimum atomic E-state index is 0.527. The summed E-state index contributed by atoms with van der Waals surface area (Å²) in [6.07, 6.45) is 3.81. The average Bonchev–Trinajstić information content (AvgIpc) is 2.42. The maximum Gasteiger partial charge on any atom is 0.119 e. The third-order valence-electron chi connectivity index (χ3n) is 4.04. The molecule has 106 valence electrons. The fourth-order valence-electron chi connectivity index (χ4n) is 2.99. The molecule has 2 atom stereocenters. The molecule has 2 rings (SSSR count). The first-order valence-corrected chi connectivity index (χ1v) is 7.42. The summed E-state index contributed by atoms with van der Waals surface area (Å²) < 4.78 is 5.57. The Morgan fingerprint density at radius 3 is 2.95 bits per heavy atom. The van der Waals surface area contributed by atoms with E-state index in [1.165, 1.54) is 24.8 Å². The van der Waals surface area contributed by atoms with Crippen LogP contribution < -0.4 is 10.5 Å². The van der Waals surface area contributed by atoms with Crippen molar-refractivity contribution >= 4 is 0 Å². The van der Waals surface area contributed by atoms with E-state index in [0.717, 1.165) is 25.4 Å². The number of ether oxygens (including phenoxy) is 1. The van der Waals surface area contributed by atoms with Crippen LogP contribution in [0.5, 0.6) is 5.75 Å². The van der Waals surface area contributed by atoms with E-state index in [1.807, 2.05) is 13.0 Å². The lowest BCUT2D eigenvalue weighted by atomic mass is 9.95. The number of hydrogen-bond donors (Lipinski definition) is 1. The summed E-state index contributed by atoms with van der Waals surface area (Å²) in [6.45, 7) is 6.78. The normalized spacial score (nSPS) is 24.4. The second-order valence-electron chi connectivity index (χ2n) is 5.42. The van der Waals surface area contributed by atoms with Gasteiger partial charge in [0.15, 0.2) is 0 Å². The van der Waals surface area contributed by atoms with Crippen LogP contribution in [0.2, 0.25) is 0 Å². The predicted molar refractivity (Wildman–Crippen MR) is 79.3 cm³/mol. The van der Waals surface area contributed by atoms with E-state index in [0.29, 0.717) is 12.1 Å². The van der Waals surface area contributed by atoms with Crippen molar-refractivity contribution in [2.24, 2.45) is 5.73 Å². The zero-order valence-corrected chi connectivity index (χ0v) is 12.1. The molecule has 2 unspecified atom stereocenters. The molecule has 1 heterocycles. The molecule has 0 saturated carbocycles. The van der Waals surface area contributed by atoms with Gasteiger partial charge in [-0.2, -0.15) is 0 Å². The SMILES string of the molecule is CCOc1cccc(CN2C(C)CCCC2CN)c1. The molecule has 3 nitrogen and oxygen atoms in total. The first-order valence-electron chi connectivity index (χ1n) is 7.42. The van der Waals surface area contributed by atoms with Gasteiger partial charge < -0.3 is 10.5 Å². The lowest BCUT2D eigenvalue weighted by Gasteiger charge is -2.40. The molecule has 1 aliphatic heterocycles. The lowest BCUT2D eigenvalue weighted by molar-refractivity contribution is 0.0891. The molecule has 1 aromatic carbocycles. The lowest BCUT2D eigenvalue weighted by Crippen LogP contribution is -2.48. The van der Waals surface area contributed by atoms with Gasteiger partial charge in [-0.25, -0.2) is 0 Å². The van der Waals surface area contributed by atoms with Gasteiger partial charge in [-0.05, 0) is 44.4 Å². The number of likely N-dealkylation sites (tertiary alicyclic amines) is 1. The van der Waals surface area contributed by atoms with Crippen molar-refractivity contribution in [2.45, 2.75) is 51.7 Å². The smallest absolute Gasteiger partial charge is 0.119 e. The van der Waals surface area contributed by atoms with Crippen LogP contribution in [0.1, 0.15) is 38.7 Å². The Kier molecular flexibility index (Phi) is 5.23. The molecule has 1 saturated heterocycles. The predicted octanol–water partition coefficient (Wildman–Crippen LogP) is 2.79. The monoisotopic (exact) mass is 262 g/mol. The third-order valence-corrected chi connectivity index (χ3v) is 4.04. The maximum atomic E-state index is 5.92. The Morgan fingerprint density at radius 2 is 2.21 bits per heavy atom. The van der Waals surface area contributed by atoms with Crippen LogP contribution in [-0.2, 0) is 6.54 Å². The standard InChI is InChI=1S/C16H26N2O/c1-3-19-16-9-5-7-14(10-16)12-18-13(2)6-4-8-15(18)11-17/h5,7,9-10,13,15H,3-4,6,8,11-12,17H2,1-2H3. The summed E-state index contributed by atoms with van der Waals surface area (Å²) in [5.41, 5.74) is 7.24. The van der Waals surface area contributed by atoms with Gasteiger partial charge in [-0.3, -0.25) is 4.90 Å². The van der Waals surface area contributed by atoms with Gasteiger partial charge in [0.05, 0.1) is 6.61 Å². The van der Waals surface area contributed by atoms with Gasteiger partial charge in [0.1, 0.15) is 5.75 Å². The van der Waals surface area contributed by atoms with E-state index < -0.39 is 0 Å². The second-order valence-corrected chi connectivity index (χ2v) is 5.42. The molecule has 0 radical (unpaired) electrons. The molecule has 1 fully saturated rings. The zero-order valence-electron chi connectivity index (χ0n) is 12.1. The molecule has 1 aromatic rings. The van der Waals surface area contributed by atoms with E-state index in [4.69, 9.17) is 10.5 Å². The highest BCUT2D eigenvalue weighted by atomic mass is 16.5. The van der Waals surface area contributed by atoms with Gasteiger partial charge in [-0.15, -0.1) is 0 Å². The molecule has 0 spiro atoms. The summed E-state index contributed by atoms with van der Waals surface area (Å²) in [4.78, 5) is 2.55. The number of nitrogens with two attached hydrogens (primary N) is 1. The van der Waals surface area contributed by atoms with Crippen molar-refractivity contribution in [2.75, 3.05) is 13.2 Å². The third kappa shape index (κ3) is 3.71. The van der Waals surface area contributed by atoms with Crippen molar-refractivity contribution in [1.29, 1.82) is 0 Å². The Hall–Kier alpha value is -1.06. The average molecular weight is 262 g/mol. The topological polar surface area (TPSA) is 38.5 Å². The van der Waals surface area contributed by atoms with E-state index >= 15 is 0 Å². The van der Waals surface area contributed by atoms with Gasteiger partial charge >= 0.3 is 0 Å². The first-order chi connectivity index (χ1) is 9.24. The summed E-state index contributed by atoms with van der Waals surface area (Å²) in [5.74, 6) is 0.967. The van der Waals surface area contributed by atoms with Crippen molar-refractivity contribution in [3.63, 3.8) is 0 Å². The maximum absolute atomic E-state index is 5.92. The number of nitrogens with zero attached hydrogens (tertiary/aromatic N) is 1. The minimum absolute atomic E-state index is 0.527. The molecule has 0 amide bonds. The van der Waals surface area contributed by atoms with Crippen molar-refractivity contribution in [3.8, 4) is 5.75 Å². The molecule has 2 N–H and O–H groups in total. The molecule has 19 heavy (non-hydrogen) atoms. The van der Waals surface area contributed by atoms with E-state index in [2.05, 4.69) is 30.0 Å². The summed E-state index contributed by atoms with van der Waals surface area (Å²) >= 11 is 0. The van der Waals surface area contributed by atoms with Gasteiger partial charge in [0, 0.05) is 25.2 Å². The first kappa shape index (κ1) is 14.4. The molecular weight excluding hydrogens is 236 g/mol. The number of benzene rings is 1. The molecule has 1 aliphatic rings. The van der Waals surface area contributed by atoms with Crippen molar-refractivity contribution < 1.29 is 4.74 Å². The Balaban J connectivity index is 2.07. The van der Waals surface area contributed by atoms with Crippen LogP contribution >= 0.6 is 0 Å². The molecule has 0 aromatic heterocycles. The van der Waals surface area contributed by atoms with Crippen LogP contribution in [0, 0.1) is 0 Å². The summed E-state index contributed by atoms with van der Waals surface area (Å²) in [5, 5.41) is 0. The van der Waals surface area contributed by atoms with Crippen LogP contribution in [0.3, 0.4) is 0 Å². The molecule has 0 bridgehead atoms. The fraction of sp³-hybridized carbons (Fsp3) is 0.625. The van der Waals surface area contributed by atoms with Crippen LogP contribution in [0.25, 0.3) is 0 Å². The molecular formula is C16H26N2O. The Labute approximate surface area is 116 Å². The van der Waals surface area contributed by atoms with E-state index in [1.54, 1.807) is 0 Å². The summed E-state index contributed by atoms with van der Waals surface area (Å²) in [7, 11) is 0.